The van der Waals surface area contributed by atoms with Crippen LogP contribution in [0.5, 0.6) is 0 Å². The summed E-state index contributed by atoms with van der Waals surface area (Å²) in [5, 5.41) is 0. The Hall–Kier alpha value is -1.02. The summed E-state index contributed by atoms with van der Waals surface area (Å²) in [6, 6.07) is 7.01. The van der Waals surface area contributed by atoms with Gasteiger partial charge < -0.3 is 4.57 Å². The molecule has 0 bridgehead atoms. The quantitative estimate of drug-likeness (QED) is 0.719. The van der Waals surface area contributed by atoms with E-state index in [9.17, 15) is 0 Å². The molecule has 114 valence electrons. The van der Waals surface area contributed by atoms with Gasteiger partial charge in [0.05, 0.1) is 11.0 Å². The summed E-state index contributed by atoms with van der Waals surface area (Å²) in [6.45, 7) is 6.97. The van der Waals surface area contributed by atoms with Crippen molar-refractivity contribution in [2.24, 2.45) is 11.8 Å². The third-order valence-corrected chi connectivity index (χ3v) is 5.43. The van der Waals surface area contributed by atoms with Gasteiger partial charge >= 0.3 is 0 Å². The van der Waals surface area contributed by atoms with Crippen LogP contribution in [0.15, 0.2) is 18.2 Å². The molecule has 21 heavy (non-hydrogen) atoms. The molecule has 1 heterocycles. The molecule has 1 aromatic carbocycles. The first kappa shape index (κ1) is 14.9. The maximum Gasteiger partial charge on any atom is 0.111 e. The Labute approximate surface area is 132 Å². The molecule has 1 aliphatic carbocycles. The van der Waals surface area contributed by atoms with E-state index >= 15 is 0 Å². The number of para-hydroxylation sites is 1. The second kappa shape index (κ2) is 6.00. The SMILES string of the molecule is Cc1cccc2nc(CCCl)n(C3CCC(C)C(C)C3)c12. The van der Waals surface area contributed by atoms with Crippen LogP contribution in [0.25, 0.3) is 11.0 Å². The molecule has 3 unspecified atom stereocenters. The highest BCUT2D eigenvalue weighted by molar-refractivity contribution is 6.17. The van der Waals surface area contributed by atoms with Crippen molar-refractivity contribution in [3.63, 3.8) is 0 Å². The first-order valence-electron chi connectivity index (χ1n) is 8.14. The Morgan fingerprint density at radius 3 is 2.76 bits per heavy atom. The zero-order chi connectivity index (χ0) is 15.0. The van der Waals surface area contributed by atoms with Crippen LogP contribution >= 0.6 is 11.6 Å². The van der Waals surface area contributed by atoms with E-state index < -0.39 is 0 Å². The number of fused-ring (bicyclic) bond motifs is 1. The molecular weight excluding hydrogens is 280 g/mol. The van der Waals surface area contributed by atoms with Gasteiger partial charge in [-0.1, -0.05) is 26.0 Å². The van der Waals surface area contributed by atoms with Crippen LogP contribution < -0.4 is 0 Å². The molecule has 3 heteroatoms. The molecule has 0 saturated heterocycles. The van der Waals surface area contributed by atoms with Crippen LogP contribution in [0.1, 0.15) is 50.5 Å². The Balaban J connectivity index is 2.08. The lowest BCUT2D eigenvalue weighted by molar-refractivity contribution is 0.211. The van der Waals surface area contributed by atoms with Crippen LogP contribution in [-0.4, -0.2) is 15.4 Å². The molecule has 1 aliphatic rings. The van der Waals surface area contributed by atoms with Crippen molar-refractivity contribution in [2.75, 3.05) is 5.88 Å². The van der Waals surface area contributed by atoms with Gasteiger partial charge in [-0.15, -0.1) is 11.6 Å². The zero-order valence-corrected chi connectivity index (χ0v) is 14.0. The third-order valence-electron chi connectivity index (χ3n) is 5.24. The van der Waals surface area contributed by atoms with E-state index in [1.54, 1.807) is 0 Å². The van der Waals surface area contributed by atoms with Crippen LogP contribution in [0, 0.1) is 18.8 Å². The molecular formula is C18H25ClN2. The van der Waals surface area contributed by atoms with Gasteiger partial charge in [0.2, 0.25) is 0 Å². The lowest BCUT2D eigenvalue weighted by Crippen LogP contribution is -2.24. The number of aromatic nitrogens is 2. The Kier molecular flexibility index (Phi) is 4.26. The third kappa shape index (κ3) is 2.70. The number of hydrogen-bond acceptors (Lipinski definition) is 1. The standard InChI is InChI=1S/C18H25ClN2/c1-12-7-8-15(11-14(12)3)21-17(9-10-19)20-16-6-4-5-13(2)18(16)21/h4-6,12,14-15H,7-11H2,1-3H3. The fourth-order valence-corrected chi connectivity index (χ4v) is 3.95. The smallest absolute Gasteiger partial charge is 0.111 e. The van der Waals surface area contributed by atoms with Gasteiger partial charge in [0.25, 0.3) is 0 Å². The van der Waals surface area contributed by atoms with Gasteiger partial charge in [0, 0.05) is 18.3 Å². The molecule has 2 nitrogen and oxygen atoms in total. The molecule has 1 fully saturated rings. The molecule has 0 amide bonds. The normalized spacial score (nSPS) is 26.4. The molecule has 3 rings (SSSR count). The molecule has 2 aromatic rings. The molecule has 1 aromatic heterocycles. The van der Waals surface area contributed by atoms with Crippen LogP contribution in [0.4, 0.5) is 0 Å². The van der Waals surface area contributed by atoms with Crippen molar-refractivity contribution in [1.82, 2.24) is 9.55 Å². The van der Waals surface area contributed by atoms with Crippen molar-refractivity contribution in [2.45, 2.75) is 52.5 Å². The van der Waals surface area contributed by atoms with Crippen molar-refractivity contribution in [3.8, 4) is 0 Å². The number of halogens is 1. The molecule has 1 saturated carbocycles. The number of benzene rings is 1. The van der Waals surface area contributed by atoms with E-state index in [1.807, 2.05) is 0 Å². The van der Waals surface area contributed by atoms with Crippen LogP contribution in [-0.2, 0) is 6.42 Å². The zero-order valence-electron chi connectivity index (χ0n) is 13.3. The van der Waals surface area contributed by atoms with Crippen LogP contribution in [0.3, 0.4) is 0 Å². The number of rotatable bonds is 3. The second-order valence-electron chi connectivity index (χ2n) is 6.70. The average molecular weight is 305 g/mol. The Morgan fingerprint density at radius 2 is 2.05 bits per heavy atom. The molecule has 0 N–H and O–H groups in total. The van der Waals surface area contributed by atoms with Gasteiger partial charge in [-0.3, -0.25) is 0 Å². The first-order chi connectivity index (χ1) is 10.1. The van der Waals surface area contributed by atoms with E-state index in [1.165, 1.54) is 36.2 Å². The summed E-state index contributed by atoms with van der Waals surface area (Å²) in [7, 11) is 0. The number of hydrogen-bond donors (Lipinski definition) is 0. The topological polar surface area (TPSA) is 17.8 Å². The second-order valence-corrected chi connectivity index (χ2v) is 7.08. The maximum absolute atomic E-state index is 6.01. The molecule has 3 atom stereocenters. The Morgan fingerprint density at radius 1 is 1.24 bits per heavy atom. The van der Waals surface area contributed by atoms with Gasteiger partial charge in [-0.25, -0.2) is 4.98 Å². The van der Waals surface area contributed by atoms with Gasteiger partial charge in [0.1, 0.15) is 5.82 Å². The summed E-state index contributed by atoms with van der Waals surface area (Å²) < 4.78 is 2.51. The van der Waals surface area contributed by atoms with E-state index in [2.05, 4.69) is 43.5 Å². The fourth-order valence-electron chi connectivity index (χ4n) is 3.78. The lowest BCUT2D eigenvalue weighted by atomic mass is 9.79. The van der Waals surface area contributed by atoms with Crippen molar-refractivity contribution >= 4 is 22.6 Å². The monoisotopic (exact) mass is 304 g/mol. The first-order valence-corrected chi connectivity index (χ1v) is 8.67. The fraction of sp³-hybridized carbons (Fsp3) is 0.611. The van der Waals surface area contributed by atoms with E-state index in [-0.39, 0.29) is 0 Å². The predicted octanol–water partition coefficient (Wildman–Crippen LogP) is 5.12. The molecule has 0 spiro atoms. The highest BCUT2D eigenvalue weighted by atomic mass is 35.5. The minimum Gasteiger partial charge on any atom is -0.325 e. The number of imidazole rings is 1. The summed E-state index contributed by atoms with van der Waals surface area (Å²) >= 11 is 6.01. The van der Waals surface area contributed by atoms with Crippen LogP contribution in [0.2, 0.25) is 0 Å². The molecule has 0 radical (unpaired) electrons. The minimum absolute atomic E-state index is 0.584. The van der Waals surface area contributed by atoms with E-state index in [0.29, 0.717) is 11.9 Å². The average Bonchev–Trinajstić information content (AvgIpc) is 2.82. The largest absolute Gasteiger partial charge is 0.325 e. The van der Waals surface area contributed by atoms with E-state index in [4.69, 9.17) is 16.6 Å². The summed E-state index contributed by atoms with van der Waals surface area (Å²) in [4.78, 5) is 4.86. The predicted molar refractivity (Wildman–Crippen MR) is 90.1 cm³/mol. The Bertz CT molecular complexity index is 631. The molecule has 0 aliphatic heterocycles. The number of nitrogens with zero attached hydrogens (tertiary/aromatic N) is 2. The van der Waals surface area contributed by atoms with E-state index in [0.717, 1.165) is 23.8 Å². The van der Waals surface area contributed by atoms with Gasteiger partial charge in [-0.05, 0) is 49.7 Å². The highest BCUT2D eigenvalue weighted by Gasteiger charge is 2.28. The highest BCUT2D eigenvalue weighted by Crippen LogP contribution is 2.39. The number of alkyl halides is 1. The summed E-state index contributed by atoms with van der Waals surface area (Å²) in [5.41, 5.74) is 3.78. The minimum atomic E-state index is 0.584. The maximum atomic E-state index is 6.01. The van der Waals surface area contributed by atoms with Crippen molar-refractivity contribution < 1.29 is 0 Å². The summed E-state index contributed by atoms with van der Waals surface area (Å²) in [5.74, 6) is 3.44. The lowest BCUT2D eigenvalue weighted by Gasteiger charge is -2.34. The summed E-state index contributed by atoms with van der Waals surface area (Å²) in [6.07, 6.45) is 4.70. The van der Waals surface area contributed by atoms with Crippen molar-refractivity contribution in [1.29, 1.82) is 0 Å². The van der Waals surface area contributed by atoms with Gasteiger partial charge in [-0.2, -0.15) is 0 Å². The number of aryl methyl sites for hydroxylation is 2. The van der Waals surface area contributed by atoms with Crippen molar-refractivity contribution in [3.05, 3.63) is 29.6 Å². The van der Waals surface area contributed by atoms with Gasteiger partial charge in [0.15, 0.2) is 0 Å².